The molecule has 2 aromatic heterocycles. The molecule has 1 amide bonds. The Morgan fingerprint density at radius 3 is 2.64 bits per heavy atom. The number of hydrogen-bond acceptors (Lipinski definition) is 3. The van der Waals surface area contributed by atoms with Gasteiger partial charge in [0.25, 0.3) is 5.91 Å². The minimum absolute atomic E-state index is 0.212. The number of carbonyl (C=O) groups is 1. The molecule has 25 heavy (non-hydrogen) atoms. The van der Waals surface area contributed by atoms with Crippen molar-refractivity contribution in [3.05, 3.63) is 70.8 Å². The molecule has 1 aromatic carbocycles. The van der Waals surface area contributed by atoms with Gasteiger partial charge in [0.2, 0.25) is 0 Å². The minimum atomic E-state index is -0.212. The second-order valence-corrected chi connectivity index (χ2v) is 6.55. The van der Waals surface area contributed by atoms with Gasteiger partial charge in [-0.15, -0.1) is 0 Å². The normalized spacial score (nSPS) is 10.9. The predicted octanol–water partition coefficient (Wildman–Crippen LogP) is 4.60. The lowest BCUT2D eigenvalue weighted by molar-refractivity contribution is 0.102. The van der Waals surface area contributed by atoms with Crippen molar-refractivity contribution in [3.8, 4) is 5.69 Å². The third-order valence-electron chi connectivity index (χ3n) is 3.95. The standard InChI is InChI=1S/C19H19ClN4O/c1-12(2)17-8-7-14(10-21-17)19(25)23-18-11-22-24(13(18)3)16-6-4-5-15(20)9-16/h4-12H,1-3H3,(H,23,25). The van der Waals surface area contributed by atoms with Gasteiger partial charge in [0.05, 0.1) is 28.8 Å². The van der Waals surface area contributed by atoms with Gasteiger partial charge in [0, 0.05) is 16.9 Å². The van der Waals surface area contributed by atoms with Crippen molar-refractivity contribution < 1.29 is 4.79 Å². The van der Waals surface area contributed by atoms with Crippen molar-refractivity contribution >= 4 is 23.2 Å². The van der Waals surface area contributed by atoms with Crippen LogP contribution in [0.1, 0.15) is 41.5 Å². The molecule has 3 aromatic rings. The molecule has 0 aliphatic rings. The van der Waals surface area contributed by atoms with Gasteiger partial charge in [-0.25, -0.2) is 4.68 Å². The van der Waals surface area contributed by atoms with Crippen LogP contribution in [0, 0.1) is 6.92 Å². The summed E-state index contributed by atoms with van der Waals surface area (Å²) in [6.45, 7) is 6.02. The first-order valence-corrected chi connectivity index (χ1v) is 8.41. The third-order valence-corrected chi connectivity index (χ3v) is 4.19. The van der Waals surface area contributed by atoms with Crippen LogP contribution in [0.5, 0.6) is 0 Å². The smallest absolute Gasteiger partial charge is 0.257 e. The number of carbonyl (C=O) groups excluding carboxylic acids is 1. The second kappa shape index (κ2) is 7.07. The fraction of sp³-hybridized carbons (Fsp3) is 0.211. The number of pyridine rings is 1. The van der Waals surface area contributed by atoms with Gasteiger partial charge in [0.1, 0.15) is 0 Å². The third kappa shape index (κ3) is 3.72. The Labute approximate surface area is 151 Å². The van der Waals surface area contributed by atoms with Crippen LogP contribution in [0.3, 0.4) is 0 Å². The molecule has 3 rings (SSSR count). The molecule has 0 unspecified atom stereocenters. The zero-order valence-electron chi connectivity index (χ0n) is 14.3. The molecule has 0 aliphatic heterocycles. The molecule has 2 heterocycles. The summed E-state index contributed by atoms with van der Waals surface area (Å²) >= 11 is 6.04. The number of hydrogen-bond donors (Lipinski definition) is 1. The molecule has 0 fully saturated rings. The number of nitrogens with zero attached hydrogens (tertiary/aromatic N) is 3. The summed E-state index contributed by atoms with van der Waals surface area (Å²) in [6, 6.07) is 11.1. The van der Waals surface area contributed by atoms with Crippen LogP contribution in [0.25, 0.3) is 5.69 Å². The predicted molar refractivity (Wildman–Crippen MR) is 99.6 cm³/mol. The molecular weight excluding hydrogens is 336 g/mol. The van der Waals surface area contributed by atoms with Crippen LogP contribution in [-0.2, 0) is 0 Å². The summed E-state index contributed by atoms with van der Waals surface area (Å²) in [6.07, 6.45) is 3.23. The van der Waals surface area contributed by atoms with E-state index < -0.39 is 0 Å². The number of aromatic nitrogens is 3. The van der Waals surface area contributed by atoms with E-state index in [1.165, 1.54) is 0 Å². The highest BCUT2D eigenvalue weighted by Gasteiger charge is 2.13. The maximum absolute atomic E-state index is 12.4. The molecule has 128 valence electrons. The van der Waals surface area contributed by atoms with E-state index in [9.17, 15) is 4.79 Å². The lowest BCUT2D eigenvalue weighted by Gasteiger charge is -2.08. The Kier molecular flexibility index (Phi) is 4.86. The lowest BCUT2D eigenvalue weighted by atomic mass is 10.1. The van der Waals surface area contributed by atoms with Crippen LogP contribution in [0.4, 0.5) is 5.69 Å². The summed E-state index contributed by atoms with van der Waals surface area (Å²) in [5.41, 5.74) is 3.79. The second-order valence-electron chi connectivity index (χ2n) is 6.12. The Morgan fingerprint density at radius 2 is 2.00 bits per heavy atom. The molecule has 0 saturated heterocycles. The lowest BCUT2D eigenvalue weighted by Crippen LogP contribution is -2.13. The Balaban J connectivity index is 1.80. The highest BCUT2D eigenvalue weighted by Crippen LogP contribution is 2.21. The molecule has 1 N–H and O–H groups in total. The van der Waals surface area contributed by atoms with Gasteiger partial charge < -0.3 is 5.32 Å². The first-order valence-electron chi connectivity index (χ1n) is 8.03. The van der Waals surface area contributed by atoms with Crippen LogP contribution in [-0.4, -0.2) is 20.7 Å². The van der Waals surface area contributed by atoms with Crippen LogP contribution in [0.2, 0.25) is 5.02 Å². The molecule has 6 heteroatoms. The van der Waals surface area contributed by atoms with Gasteiger partial charge in [-0.3, -0.25) is 9.78 Å². The van der Waals surface area contributed by atoms with Crippen molar-refractivity contribution in [2.75, 3.05) is 5.32 Å². The monoisotopic (exact) mass is 354 g/mol. The van der Waals surface area contributed by atoms with Gasteiger partial charge in [-0.05, 0) is 43.2 Å². The zero-order chi connectivity index (χ0) is 18.0. The van der Waals surface area contributed by atoms with Gasteiger partial charge in [-0.1, -0.05) is 31.5 Å². The number of anilines is 1. The average molecular weight is 355 g/mol. The van der Waals surface area contributed by atoms with Crippen LogP contribution >= 0.6 is 11.6 Å². The highest BCUT2D eigenvalue weighted by molar-refractivity contribution is 6.30. The van der Waals surface area contributed by atoms with E-state index >= 15 is 0 Å². The van der Waals surface area contributed by atoms with E-state index in [2.05, 4.69) is 29.2 Å². The topological polar surface area (TPSA) is 59.8 Å². The molecule has 0 aliphatic carbocycles. The van der Waals surface area contributed by atoms with E-state index in [4.69, 9.17) is 11.6 Å². The molecule has 0 saturated carbocycles. The van der Waals surface area contributed by atoms with E-state index in [1.807, 2.05) is 31.2 Å². The Bertz CT molecular complexity index is 900. The van der Waals surface area contributed by atoms with Crippen molar-refractivity contribution in [3.63, 3.8) is 0 Å². The summed E-state index contributed by atoms with van der Waals surface area (Å²) in [5.74, 6) is 0.117. The summed E-state index contributed by atoms with van der Waals surface area (Å²) in [5, 5.41) is 7.86. The maximum atomic E-state index is 12.4. The van der Waals surface area contributed by atoms with E-state index in [-0.39, 0.29) is 5.91 Å². The maximum Gasteiger partial charge on any atom is 0.257 e. The van der Waals surface area contributed by atoms with Crippen molar-refractivity contribution in [1.82, 2.24) is 14.8 Å². The highest BCUT2D eigenvalue weighted by atomic mass is 35.5. The quantitative estimate of drug-likeness (QED) is 0.744. The number of amides is 1. The van der Waals surface area contributed by atoms with E-state index in [0.29, 0.717) is 22.2 Å². The summed E-state index contributed by atoms with van der Waals surface area (Å²) < 4.78 is 1.74. The molecular formula is C19H19ClN4O. The fourth-order valence-corrected chi connectivity index (χ4v) is 2.66. The summed E-state index contributed by atoms with van der Waals surface area (Å²) in [4.78, 5) is 16.8. The Morgan fingerprint density at radius 1 is 1.20 bits per heavy atom. The largest absolute Gasteiger partial charge is 0.319 e. The SMILES string of the molecule is Cc1c(NC(=O)c2ccc(C(C)C)nc2)cnn1-c1cccc(Cl)c1. The van der Waals surface area contributed by atoms with Crippen molar-refractivity contribution in [2.24, 2.45) is 0 Å². The zero-order valence-corrected chi connectivity index (χ0v) is 15.1. The van der Waals surface area contributed by atoms with Crippen LogP contribution < -0.4 is 5.32 Å². The summed E-state index contributed by atoms with van der Waals surface area (Å²) in [7, 11) is 0. The number of rotatable bonds is 4. The van der Waals surface area contributed by atoms with Crippen molar-refractivity contribution in [1.29, 1.82) is 0 Å². The molecule has 0 spiro atoms. The Hall–Kier alpha value is -2.66. The van der Waals surface area contributed by atoms with E-state index in [1.54, 1.807) is 29.2 Å². The molecule has 0 radical (unpaired) electrons. The average Bonchev–Trinajstić information content (AvgIpc) is 2.95. The van der Waals surface area contributed by atoms with Crippen LogP contribution in [0.15, 0.2) is 48.8 Å². The minimum Gasteiger partial charge on any atom is -0.319 e. The first-order chi connectivity index (χ1) is 12.0. The number of nitrogens with one attached hydrogen (secondary N) is 1. The number of benzene rings is 1. The molecule has 5 nitrogen and oxygen atoms in total. The van der Waals surface area contributed by atoms with Gasteiger partial charge in [-0.2, -0.15) is 5.10 Å². The number of halogens is 1. The first kappa shape index (κ1) is 17.2. The van der Waals surface area contributed by atoms with Gasteiger partial charge >= 0.3 is 0 Å². The van der Waals surface area contributed by atoms with E-state index in [0.717, 1.165) is 17.1 Å². The molecule has 0 bridgehead atoms. The van der Waals surface area contributed by atoms with Crippen molar-refractivity contribution in [2.45, 2.75) is 26.7 Å². The fourth-order valence-electron chi connectivity index (χ4n) is 2.48. The molecule has 0 atom stereocenters. The van der Waals surface area contributed by atoms with Gasteiger partial charge in [0.15, 0.2) is 0 Å².